The van der Waals surface area contributed by atoms with Crippen LogP contribution in [0.5, 0.6) is 0 Å². The van der Waals surface area contributed by atoms with Gasteiger partial charge in [0.1, 0.15) is 0 Å². The molecule has 0 aromatic carbocycles. The summed E-state index contributed by atoms with van der Waals surface area (Å²) >= 11 is 0. The lowest BCUT2D eigenvalue weighted by Crippen LogP contribution is -2.44. The molecule has 1 unspecified atom stereocenters. The normalized spacial score (nSPS) is 33.8. The highest BCUT2D eigenvalue weighted by atomic mass is 35.5. The molecule has 84 valence electrons. The Balaban J connectivity index is 0.000000853. The quantitative estimate of drug-likeness (QED) is 0.738. The van der Waals surface area contributed by atoms with Crippen molar-refractivity contribution in [2.45, 2.75) is 32.2 Å². The van der Waals surface area contributed by atoms with Gasteiger partial charge < -0.3 is 4.52 Å². The average Bonchev–Trinajstić information content (AvgIpc) is 2.66. The Morgan fingerprint density at radius 1 is 1.33 bits per heavy atom. The van der Waals surface area contributed by atoms with Gasteiger partial charge in [0.2, 0.25) is 5.89 Å². The summed E-state index contributed by atoms with van der Waals surface area (Å²) in [5.41, 5.74) is 0. The first-order valence-corrected chi connectivity index (χ1v) is 5.37. The van der Waals surface area contributed by atoms with Crippen LogP contribution < -0.4 is 0 Å². The SMILES string of the molecule is Cc1nc(C2CC3CCN2CC3)no1.Cl. The summed E-state index contributed by atoms with van der Waals surface area (Å²) in [5.74, 6) is 2.47. The monoisotopic (exact) mass is 229 g/mol. The van der Waals surface area contributed by atoms with Gasteiger partial charge in [0.15, 0.2) is 5.82 Å². The first kappa shape index (κ1) is 10.9. The molecular formula is C10H16ClN3O. The van der Waals surface area contributed by atoms with Crippen LogP contribution in [0.1, 0.15) is 37.0 Å². The van der Waals surface area contributed by atoms with Crippen molar-refractivity contribution in [2.75, 3.05) is 13.1 Å². The third-order valence-electron chi connectivity index (χ3n) is 3.49. The summed E-state index contributed by atoms with van der Waals surface area (Å²) in [6.45, 7) is 4.28. The minimum Gasteiger partial charge on any atom is -0.340 e. The second-order valence-electron chi connectivity index (χ2n) is 4.40. The molecule has 3 aliphatic rings. The molecule has 1 atom stereocenters. The Morgan fingerprint density at radius 3 is 2.53 bits per heavy atom. The van der Waals surface area contributed by atoms with E-state index >= 15 is 0 Å². The molecule has 3 fully saturated rings. The number of rotatable bonds is 1. The molecule has 5 heteroatoms. The van der Waals surface area contributed by atoms with Gasteiger partial charge >= 0.3 is 0 Å². The van der Waals surface area contributed by atoms with Gasteiger partial charge in [-0.15, -0.1) is 12.4 Å². The van der Waals surface area contributed by atoms with Gasteiger partial charge in [-0.1, -0.05) is 5.16 Å². The maximum atomic E-state index is 5.04. The first-order valence-electron chi connectivity index (χ1n) is 5.37. The minimum atomic E-state index is 0. The van der Waals surface area contributed by atoms with Crippen LogP contribution in [0, 0.1) is 12.8 Å². The van der Waals surface area contributed by atoms with Gasteiger partial charge in [-0.05, 0) is 38.3 Å². The van der Waals surface area contributed by atoms with E-state index in [0.717, 1.165) is 11.7 Å². The maximum Gasteiger partial charge on any atom is 0.223 e. The van der Waals surface area contributed by atoms with E-state index < -0.39 is 0 Å². The predicted octanol–water partition coefficient (Wildman–Crippen LogP) is 1.96. The topological polar surface area (TPSA) is 42.2 Å². The average molecular weight is 230 g/mol. The second-order valence-corrected chi connectivity index (χ2v) is 4.40. The van der Waals surface area contributed by atoms with Crippen molar-refractivity contribution in [3.05, 3.63) is 11.7 Å². The second kappa shape index (κ2) is 4.10. The van der Waals surface area contributed by atoms with Gasteiger partial charge in [0, 0.05) is 6.92 Å². The number of halogens is 1. The van der Waals surface area contributed by atoms with Crippen LogP contribution in [0.2, 0.25) is 0 Å². The van der Waals surface area contributed by atoms with Crippen LogP contribution in [-0.4, -0.2) is 28.1 Å². The molecule has 2 bridgehead atoms. The zero-order valence-electron chi connectivity index (χ0n) is 8.85. The van der Waals surface area contributed by atoms with E-state index in [1.165, 1.54) is 32.4 Å². The van der Waals surface area contributed by atoms with Crippen molar-refractivity contribution in [2.24, 2.45) is 5.92 Å². The smallest absolute Gasteiger partial charge is 0.223 e. The highest BCUT2D eigenvalue weighted by Gasteiger charge is 2.36. The molecule has 0 amide bonds. The number of aryl methyl sites for hydroxylation is 1. The largest absolute Gasteiger partial charge is 0.340 e. The van der Waals surface area contributed by atoms with E-state index in [2.05, 4.69) is 15.0 Å². The van der Waals surface area contributed by atoms with Gasteiger partial charge in [0.05, 0.1) is 6.04 Å². The molecule has 4 heterocycles. The lowest BCUT2D eigenvalue weighted by molar-refractivity contribution is 0.0433. The van der Waals surface area contributed by atoms with Crippen molar-refractivity contribution in [1.82, 2.24) is 15.0 Å². The fourth-order valence-electron chi connectivity index (χ4n) is 2.68. The Labute approximate surface area is 95.4 Å². The summed E-state index contributed by atoms with van der Waals surface area (Å²) < 4.78 is 5.04. The fraction of sp³-hybridized carbons (Fsp3) is 0.800. The molecule has 1 aromatic rings. The van der Waals surface area contributed by atoms with Crippen molar-refractivity contribution in [1.29, 1.82) is 0 Å². The number of aromatic nitrogens is 2. The van der Waals surface area contributed by atoms with Gasteiger partial charge in [0.25, 0.3) is 0 Å². The number of nitrogens with zero attached hydrogens (tertiary/aromatic N) is 3. The zero-order valence-corrected chi connectivity index (χ0v) is 9.66. The molecule has 0 N–H and O–H groups in total. The standard InChI is InChI=1S/C10H15N3O.ClH/c1-7-11-10(12-14-7)9-6-8-2-4-13(9)5-3-8;/h8-9H,2-6H2,1H3;1H. The Kier molecular flexibility index (Phi) is 2.98. The van der Waals surface area contributed by atoms with E-state index in [1.807, 2.05) is 6.92 Å². The maximum absolute atomic E-state index is 5.04. The van der Waals surface area contributed by atoms with Crippen LogP contribution in [0.15, 0.2) is 4.52 Å². The van der Waals surface area contributed by atoms with Crippen LogP contribution in [0.3, 0.4) is 0 Å². The van der Waals surface area contributed by atoms with Crippen molar-refractivity contribution < 1.29 is 4.52 Å². The molecule has 3 saturated heterocycles. The van der Waals surface area contributed by atoms with Crippen LogP contribution in [-0.2, 0) is 0 Å². The third kappa shape index (κ3) is 1.88. The van der Waals surface area contributed by atoms with E-state index in [0.29, 0.717) is 11.9 Å². The molecular weight excluding hydrogens is 214 g/mol. The number of fused-ring (bicyclic) bond motifs is 3. The molecule has 4 nitrogen and oxygen atoms in total. The molecule has 0 spiro atoms. The zero-order chi connectivity index (χ0) is 9.54. The van der Waals surface area contributed by atoms with Crippen molar-refractivity contribution in [3.8, 4) is 0 Å². The van der Waals surface area contributed by atoms with Crippen molar-refractivity contribution >= 4 is 12.4 Å². The molecule has 1 aromatic heterocycles. The number of hydrogen-bond acceptors (Lipinski definition) is 4. The highest BCUT2D eigenvalue weighted by molar-refractivity contribution is 5.85. The number of piperidine rings is 3. The fourth-order valence-corrected chi connectivity index (χ4v) is 2.68. The number of hydrogen-bond donors (Lipinski definition) is 0. The summed E-state index contributed by atoms with van der Waals surface area (Å²) in [5, 5.41) is 4.03. The van der Waals surface area contributed by atoms with Crippen LogP contribution >= 0.6 is 12.4 Å². The Bertz CT molecular complexity index is 333. The summed E-state index contributed by atoms with van der Waals surface area (Å²) in [4.78, 5) is 6.82. The van der Waals surface area contributed by atoms with Gasteiger partial charge in [-0.2, -0.15) is 4.98 Å². The van der Waals surface area contributed by atoms with Crippen LogP contribution in [0.4, 0.5) is 0 Å². The van der Waals surface area contributed by atoms with E-state index in [4.69, 9.17) is 4.52 Å². The van der Waals surface area contributed by atoms with Gasteiger partial charge in [-0.3, -0.25) is 4.90 Å². The third-order valence-corrected chi connectivity index (χ3v) is 3.49. The van der Waals surface area contributed by atoms with E-state index in [9.17, 15) is 0 Å². The molecule has 0 saturated carbocycles. The van der Waals surface area contributed by atoms with Gasteiger partial charge in [-0.25, -0.2) is 0 Å². The molecule has 0 radical (unpaired) electrons. The summed E-state index contributed by atoms with van der Waals surface area (Å²) in [6, 6.07) is 0.431. The molecule has 15 heavy (non-hydrogen) atoms. The van der Waals surface area contributed by atoms with E-state index in [-0.39, 0.29) is 12.4 Å². The summed E-state index contributed by atoms with van der Waals surface area (Å²) in [6.07, 6.45) is 3.93. The molecule has 0 aliphatic carbocycles. The Morgan fingerprint density at radius 2 is 2.07 bits per heavy atom. The highest BCUT2D eigenvalue weighted by Crippen LogP contribution is 2.39. The first-order chi connectivity index (χ1) is 6.83. The lowest BCUT2D eigenvalue weighted by atomic mass is 9.83. The lowest BCUT2D eigenvalue weighted by Gasteiger charge is -2.43. The molecule has 3 aliphatic heterocycles. The van der Waals surface area contributed by atoms with Crippen molar-refractivity contribution in [3.63, 3.8) is 0 Å². The molecule has 4 rings (SSSR count). The summed E-state index contributed by atoms with van der Waals surface area (Å²) in [7, 11) is 0. The Hall–Kier alpha value is -0.610. The van der Waals surface area contributed by atoms with Crippen LogP contribution in [0.25, 0.3) is 0 Å². The minimum absolute atomic E-state index is 0. The predicted molar refractivity (Wildman–Crippen MR) is 57.9 cm³/mol. The van der Waals surface area contributed by atoms with E-state index in [1.54, 1.807) is 0 Å².